The van der Waals surface area contributed by atoms with E-state index in [4.69, 9.17) is 10.5 Å². The fourth-order valence-corrected chi connectivity index (χ4v) is 2.19. The predicted octanol–water partition coefficient (Wildman–Crippen LogP) is 2.57. The maximum Gasteiger partial charge on any atom is 0.123 e. The molecule has 0 aliphatic rings. The maximum absolute atomic E-state index is 13.0. The molecule has 0 radical (unpaired) electrons. The number of benzene rings is 1. The Kier molecular flexibility index (Phi) is 6.42. The third-order valence-electron chi connectivity index (χ3n) is 3.08. The Bertz CT molecular complexity index is 365. The molecule has 1 rings (SSSR count). The van der Waals surface area contributed by atoms with Crippen LogP contribution in [0.25, 0.3) is 0 Å². The Labute approximate surface area is 115 Å². The summed E-state index contributed by atoms with van der Waals surface area (Å²) >= 11 is 0. The fraction of sp³-hybridized carbons (Fsp3) is 0.600. The summed E-state index contributed by atoms with van der Waals surface area (Å²) in [5.74, 6) is -0.224. The summed E-state index contributed by atoms with van der Waals surface area (Å²) in [6.45, 7) is 7.46. The molecule has 0 bridgehead atoms. The molecule has 2 atom stereocenters. The molecule has 2 N–H and O–H groups in total. The van der Waals surface area contributed by atoms with Crippen molar-refractivity contribution >= 4 is 0 Å². The molecule has 0 spiro atoms. The molecule has 0 aliphatic carbocycles. The zero-order valence-electron chi connectivity index (χ0n) is 12.3. The summed E-state index contributed by atoms with van der Waals surface area (Å²) in [6.07, 6.45) is 0.230. The van der Waals surface area contributed by atoms with Crippen LogP contribution in [0.2, 0.25) is 0 Å². The van der Waals surface area contributed by atoms with Crippen LogP contribution < -0.4 is 5.73 Å². The average Bonchev–Trinajstić information content (AvgIpc) is 2.31. The minimum atomic E-state index is -0.224. The van der Waals surface area contributed by atoms with E-state index in [1.54, 1.807) is 12.1 Å². The fourth-order valence-electron chi connectivity index (χ4n) is 2.19. The van der Waals surface area contributed by atoms with Crippen molar-refractivity contribution in [2.45, 2.75) is 39.0 Å². The van der Waals surface area contributed by atoms with Crippen LogP contribution in [-0.2, 0) is 4.74 Å². The van der Waals surface area contributed by atoms with Gasteiger partial charge in [-0.25, -0.2) is 4.39 Å². The molecule has 0 saturated heterocycles. The second kappa shape index (κ2) is 7.58. The summed E-state index contributed by atoms with van der Waals surface area (Å²) in [7, 11) is 2.01. The maximum atomic E-state index is 13.0. The molecule has 0 aromatic heterocycles. The third kappa shape index (κ3) is 5.27. The lowest BCUT2D eigenvalue weighted by Gasteiger charge is -2.31. The highest BCUT2D eigenvalue weighted by Gasteiger charge is 2.21. The number of halogens is 1. The highest BCUT2D eigenvalue weighted by molar-refractivity contribution is 5.21. The average molecular weight is 268 g/mol. The molecule has 0 saturated carbocycles. The number of ether oxygens (including phenoxy) is 1. The molecular weight excluding hydrogens is 243 g/mol. The molecular formula is C15H25FN2O. The topological polar surface area (TPSA) is 38.5 Å². The minimum absolute atomic E-state index is 0.0329. The molecule has 0 heterocycles. The van der Waals surface area contributed by atoms with Gasteiger partial charge in [-0.3, -0.25) is 4.90 Å². The number of nitrogens with two attached hydrogens (primary N) is 1. The van der Waals surface area contributed by atoms with Gasteiger partial charge in [-0.2, -0.15) is 0 Å². The van der Waals surface area contributed by atoms with Crippen molar-refractivity contribution in [1.29, 1.82) is 0 Å². The van der Waals surface area contributed by atoms with Crippen molar-refractivity contribution in [3.05, 3.63) is 35.6 Å². The van der Waals surface area contributed by atoms with Gasteiger partial charge in [0.2, 0.25) is 0 Å². The first-order valence-electron chi connectivity index (χ1n) is 6.74. The molecule has 0 aliphatic heterocycles. The number of rotatable bonds is 7. The van der Waals surface area contributed by atoms with Crippen LogP contribution in [0.4, 0.5) is 4.39 Å². The largest absolute Gasteiger partial charge is 0.377 e. The van der Waals surface area contributed by atoms with E-state index >= 15 is 0 Å². The van der Waals surface area contributed by atoms with Gasteiger partial charge in [0.05, 0.1) is 12.7 Å². The summed E-state index contributed by atoms with van der Waals surface area (Å²) in [4.78, 5) is 2.15. The second-order valence-corrected chi connectivity index (χ2v) is 5.26. The van der Waals surface area contributed by atoms with Gasteiger partial charge in [-0.15, -0.1) is 0 Å². The Morgan fingerprint density at radius 1 is 1.21 bits per heavy atom. The van der Waals surface area contributed by atoms with Gasteiger partial charge in [-0.1, -0.05) is 12.1 Å². The lowest BCUT2D eigenvalue weighted by atomic mass is 9.99. The normalized spacial score (nSPS) is 14.9. The first-order chi connectivity index (χ1) is 8.91. The molecule has 3 nitrogen and oxygen atoms in total. The van der Waals surface area contributed by atoms with E-state index in [0.717, 1.165) is 12.1 Å². The number of hydrogen-bond acceptors (Lipinski definition) is 3. The zero-order valence-corrected chi connectivity index (χ0v) is 12.3. The lowest BCUT2D eigenvalue weighted by Crippen LogP contribution is -2.39. The van der Waals surface area contributed by atoms with Gasteiger partial charge in [0.15, 0.2) is 0 Å². The van der Waals surface area contributed by atoms with E-state index < -0.39 is 0 Å². The first kappa shape index (κ1) is 16.1. The van der Waals surface area contributed by atoms with E-state index in [0.29, 0.717) is 6.61 Å². The lowest BCUT2D eigenvalue weighted by molar-refractivity contribution is 0.0535. The molecule has 1 aromatic rings. The van der Waals surface area contributed by atoms with Gasteiger partial charge in [-0.05, 0) is 45.5 Å². The van der Waals surface area contributed by atoms with Gasteiger partial charge in [0, 0.05) is 18.6 Å². The zero-order chi connectivity index (χ0) is 14.4. The SMILES string of the molecule is CC(C)OCCN(C)C(c1ccc(F)cc1)C(C)N. The van der Waals surface area contributed by atoms with Crippen LogP contribution in [0.5, 0.6) is 0 Å². The molecule has 108 valence electrons. The minimum Gasteiger partial charge on any atom is -0.377 e. The molecule has 1 aromatic carbocycles. The van der Waals surface area contributed by atoms with Crippen molar-refractivity contribution in [2.75, 3.05) is 20.2 Å². The quantitative estimate of drug-likeness (QED) is 0.826. The Hall–Kier alpha value is -0.970. The van der Waals surface area contributed by atoms with Gasteiger partial charge >= 0.3 is 0 Å². The molecule has 0 amide bonds. The highest BCUT2D eigenvalue weighted by Crippen LogP contribution is 2.22. The predicted molar refractivity (Wildman–Crippen MR) is 76.5 cm³/mol. The molecule has 2 unspecified atom stereocenters. The summed E-state index contributed by atoms with van der Waals surface area (Å²) in [6, 6.07) is 6.57. The van der Waals surface area contributed by atoms with E-state index in [2.05, 4.69) is 4.90 Å². The van der Waals surface area contributed by atoms with Crippen molar-refractivity contribution in [1.82, 2.24) is 4.90 Å². The standard InChI is InChI=1S/C15H25FN2O/c1-11(2)19-10-9-18(4)15(12(3)17)13-5-7-14(16)8-6-13/h5-8,11-12,15H,9-10,17H2,1-4H3. The van der Waals surface area contributed by atoms with E-state index in [1.165, 1.54) is 12.1 Å². The van der Waals surface area contributed by atoms with E-state index in [1.807, 2.05) is 27.8 Å². The van der Waals surface area contributed by atoms with Gasteiger partial charge in [0.25, 0.3) is 0 Å². The van der Waals surface area contributed by atoms with Crippen molar-refractivity contribution in [2.24, 2.45) is 5.73 Å². The monoisotopic (exact) mass is 268 g/mol. The van der Waals surface area contributed by atoms with Crippen molar-refractivity contribution in [3.63, 3.8) is 0 Å². The number of nitrogens with zero attached hydrogens (tertiary/aromatic N) is 1. The van der Waals surface area contributed by atoms with E-state index in [9.17, 15) is 4.39 Å². The number of likely N-dealkylation sites (N-methyl/N-ethyl adjacent to an activating group) is 1. The van der Waals surface area contributed by atoms with Crippen LogP contribution >= 0.6 is 0 Å². The second-order valence-electron chi connectivity index (χ2n) is 5.26. The molecule has 19 heavy (non-hydrogen) atoms. The van der Waals surface area contributed by atoms with Crippen LogP contribution in [0.15, 0.2) is 24.3 Å². The smallest absolute Gasteiger partial charge is 0.123 e. The third-order valence-corrected chi connectivity index (χ3v) is 3.08. The van der Waals surface area contributed by atoms with Crippen LogP contribution in [0.3, 0.4) is 0 Å². The highest BCUT2D eigenvalue weighted by atomic mass is 19.1. The van der Waals surface area contributed by atoms with Crippen molar-refractivity contribution in [3.8, 4) is 0 Å². The number of hydrogen-bond donors (Lipinski definition) is 1. The van der Waals surface area contributed by atoms with Gasteiger partial charge in [0.1, 0.15) is 5.82 Å². The summed E-state index contributed by atoms with van der Waals surface area (Å²) in [5, 5.41) is 0. The van der Waals surface area contributed by atoms with Crippen LogP contribution in [-0.4, -0.2) is 37.2 Å². The van der Waals surface area contributed by atoms with Crippen LogP contribution in [0.1, 0.15) is 32.4 Å². The Balaban J connectivity index is 2.68. The molecule has 0 fully saturated rings. The summed E-state index contributed by atoms with van der Waals surface area (Å²) < 4.78 is 18.5. The van der Waals surface area contributed by atoms with Crippen molar-refractivity contribution < 1.29 is 9.13 Å². The van der Waals surface area contributed by atoms with E-state index in [-0.39, 0.29) is 24.0 Å². The van der Waals surface area contributed by atoms with Gasteiger partial charge < -0.3 is 10.5 Å². The Morgan fingerprint density at radius 2 is 1.79 bits per heavy atom. The Morgan fingerprint density at radius 3 is 2.26 bits per heavy atom. The molecule has 4 heteroatoms. The summed E-state index contributed by atoms with van der Waals surface area (Å²) in [5.41, 5.74) is 7.09. The first-order valence-corrected chi connectivity index (χ1v) is 6.74. The van der Waals surface area contributed by atoms with Crippen LogP contribution in [0, 0.1) is 5.82 Å².